The van der Waals surface area contributed by atoms with Gasteiger partial charge in [-0.2, -0.15) is 0 Å². The largest absolute Gasteiger partial charge is 0.342 e. The van der Waals surface area contributed by atoms with Gasteiger partial charge in [-0.3, -0.25) is 4.79 Å². The van der Waals surface area contributed by atoms with Crippen LogP contribution in [-0.4, -0.2) is 37.0 Å². The van der Waals surface area contributed by atoms with Gasteiger partial charge in [-0.1, -0.05) is 20.3 Å². The van der Waals surface area contributed by atoms with Gasteiger partial charge in [0.1, 0.15) is 0 Å². The highest BCUT2D eigenvalue weighted by molar-refractivity contribution is 5.79. The molecule has 2 unspecified atom stereocenters. The van der Waals surface area contributed by atoms with Crippen LogP contribution in [-0.2, 0) is 4.79 Å². The van der Waals surface area contributed by atoms with Crippen molar-refractivity contribution in [1.29, 1.82) is 0 Å². The van der Waals surface area contributed by atoms with Gasteiger partial charge in [0.2, 0.25) is 5.91 Å². The number of rotatable bonds is 2. The lowest BCUT2D eigenvalue weighted by atomic mass is 9.91. The van der Waals surface area contributed by atoms with Crippen molar-refractivity contribution in [2.75, 3.05) is 26.2 Å². The molecule has 16 heavy (non-hydrogen) atoms. The van der Waals surface area contributed by atoms with Crippen molar-refractivity contribution in [3.63, 3.8) is 0 Å². The SMILES string of the molecule is CCC1CCN(C(=O)C2CNCC2C)CC1. The molecule has 3 nitrogen and oxygen atoms in total. The van der Waals surface area contributed by atoms with E-state index >= 15 is 0 Å². The number of nitrogens with zero attached hydrogens (tertiary/aromatic N) is 1. The summed E-state index contributed by atoms with van der Waals surface area (Å²) in [4.78, 5) is 14.4. The average molecular weight is 224 g/mol. The summed E-state index contributed by atoms with van der Waals surface area (Å²) in [5, 5.41) is 3.31. The average Bonchev–Trinajstić information content (AvgIpc) is 2.75. The summed E-state index contributed by atoms with van der Waals surface area (Å²) in [6, 6.07) is 0. The zero-order valence-electron chi connectivity index (χ0n) is 10.5. The third kappa shape index (κ3) is 2.40. The normalized spacial score (nSPS) is 32.0. The maximum absolute atomic E-state index is 12.3. The van der Waals surface area contributed by atoms with Gasteiger partial charge >= 0.3 is 0 Å². The molecule has 2 saturated heterocycles. The maximum atomic E-state index is 12.3. The molecule has 0 bridgehead atoms. The van der Waals surface area contributed by atoms with E-state index in [0.717, 1.165) is 32.1 Å². The minimum Gasteiger partial charge on any atom is -0.342 e. The highest BCUT2D eigenvalue weighted by Gasteiger charge is 2.33. The molecule has 92 valence electrons. The Labute approximate surface area is 98.6 Å². The molecule has 3 heteroatoms. The first-order chi connectivity index (χ1) is 7.72. The molecular formula is C13H24N2O. The molecule has 2 aliphatic heterocycles. The Balaban J connectivity index is 1.86. The van der Waals surface area contributed by atoms with E-state index in [1.807, 2.05) is 0 Å². The zero-order valence-corrected chi connectivity index (χ0v) is 10.5. The van der Waals surface area contributed by atoms with Crippen LogP contribution in [0.3, 0.4) is 0 Å². The van der Waals surface area contributed by atoms with E-state index in [1.54, 1.807) is 0 Å². The van der Waals surface area contributed by atoms with Gasteiger partial charge in [-0.15, -0.1) is 0 Å². The van der Waals surface area contributed by atoms with Gasteiger partial charge in [0.05, 0.1) is 5.92 Å². The quantitative estimate of drug-likeness (QED) is 0.771. The summed E-state index contributed by atoms with van der Waals surface area (Å²) in [7, 11) is 0. The summed E-state index contributed by atoms with van der Waals surface area (Å²) in [6.45, 7) is 8.29. The molecule has 1 amide bonds. The second-order valence-electron chi connectivity index (χ2n) is 5.42. The van der Waals surface area contributed by atoms with Crippen molar-refractivity contribution >= 4 is 5.91 Å². The van der Waals surface area contributed by atoms with Gasteiger partial charge < -0.3 is 10.2 Å². The van der Waals surface area contributed by atoms with Crippen LogP contribution in [0.1, 0.15) is 33.1 Å². The Morgan fingerprint density at radius 2 is 2.00 bits per heavy atom. The molecular weight excluding hydrogens is 200 g/mol. The number of carbonyl (C=O) groups is 1. The molecule has 0 saturated carbocycles. The van der Waals surface area contributed by atoms with Crippen molar-refractivity contribution in [3.8, 4) is 0 Å². The molecule has 0 aromatic heterocycles. The molecule has 2 atom stereocenters. The summed E-state index contributed by atoms with van der Waals surface area (Å²) >= 11 is 0. The number of hydrogen-bond donors (Lipinski definition) is 1. The van der Waals surface area contributed by atoms with Crippen molar-refractivity contribution in [2.24, 2.45) is 17.8 Å². The minimum absolute atomic E-state index is 0.234. The molecule has 0 aromatic carbocycles. The van der Waals surface area contributed by atoms with E-state index in [2.05, 4.69) is 24.1 Å². The van der Waals surface area contributed by atoms with E-state index < -0.39 is 0 Å². The number of amides is 1. The van der Waals surface area contributed by atoms with Gasteiger partial charge in [-0.25, -0.2) is 0 Å². The predicted molar refractivity (Wildman–Crippen MR) is 65.1 cm³/mol. The van der Waals surface area contributed by atoms with Gasteiger partial charge in [-0.05, 0) is 31.2 Å². The third-order valence-corrected chi connectivity index (χ3v) is 4.34. The molecule has 2 fully saturated rings. The second-order valence-corrected chi connectivity index (χ2v) is 5.42. The van der Waals surface area contributed by atoms with Gasteiger partial charge in [0.25, 0.3) is 0 Å². The Bertz CT molecular complexity index is 246. The van der Waals surface area contributed by atoms with E-state index in [-0.39, 0.29) is 5.92 Å². The smallest absolute Gasteiger partial charge is 0.227 e. The number of nitrogens with one attached hydrogen (secondary N) is 1. The monoisotopic (exact) mass is 224 g/mol. The lowest BCUT2D eigenvalue weighted by Crippen LogP contribution is -2.43. The number of hydrogen-bond acceptors (Lipinski definition) is 2. The van der Waals surface area contributed by atoms with Crippen LogP contribution in [0, 0.1) is 17.8 Å². The number of piperidine rings is 1. The highest BCUT2D eigenvalue weighted by Crippen LogP contribution is 2.24. The Kier molecular flexibility index (Phi) is 3.85. The fourth-order valence-electron chi connectivity index (χ4n) is 2.94. The van der Waals surface area contributed by atoms with Crippen molar-refractivity contribution in [3.05, 3.63) is 0 Å². The van der Waals surface area contributed by atoms with Crippen LogP contribution in [0.25, 0.3) is 0 Å². The van der Waals surface area contributed by atoms with Crippen LogP contribution in [0.2, 0.25) is 0 Å². The highest BCUT2D eigenvalue weighted by atomic mass is 16.2. The van der Waals surface area contributed by atoms with Crippen LogP contribution in [0.5, 0.6) is 0 Å². The van der Waals surface area contributed by atoms with E-state index in [1.165, 1.54) is 19.3 Å². The second kappa shape index (κ2) is 5.17. The Hall–Kier alpha value is -0.570. The first kappa shape index (κ1) is 11.9. The van der Waals surface area contributed by atoms with E-state index in [9.17, 15) is 4.79 Å². The van der Waals surface area contributed by atoms with Crippen molar-refractivity contribution in [2.45, 2.75) is 33.1 Å². The number of carbonyl (C=O) groups excluding carboxylic acids is 1. The summed E-state index contributed by atoms with van der Waals surface area (Å²) < 4.78 is 0. The van der Waals surface area contributed by atoms with Crippen LogP contribution < -0.4 is 5.32 Å². The molecule has 2 rings (SSSR count). The van der Waals surface area contributed by atoms with Crippen LogP contribution in [0.4, 0.5) is 0 Å². The van der Waals surface area contributed by atoms with E-state index in [0.29, 0.717) is 11.8 Å². The molecule has 0 radical (unpaired) electrons. The molecule has 0 aliphatic carbocycles. The van der Waals surface area contributed by atoms with Gasteiger partial charge in [0.15, 0.2) is 0 Å². The molecule has 0 spiro atoms. The molecule has 2 heterocycles. The lowest BCUT2D eigenvalue weighted by molar-refractivity contribution is -0.137. The summed E-state index contributed by atoms with van der Waals surface area (Å²) in [5.74, 6) is 1.99. The zero-order chi connectivity index (χ0) is 11.5. The third-order valence-electron chi connectivity index (χ3n) is 4.34. The van der Waals surface area contributed by atoms with Crippen LogP contribution >= 0.6 is 0 Å². The summed E-state index contributed by atoms with van der Waals surface area (Å²) in [6.07, 6.45) is 3.68. The van der Waals surface area contributed by atoms with Gasteiger partial charge in [0, 0.05) is 19.6 Å². The van der Waals surface area contributed by atoms with Crippen LogP contribution in [0.15, 0.2) is 0 Å². The fourth-order valence-corrected chi connectivity index (χ4v) is 2.94. The summed E-state index contributed by atoms with van der Waals surface area (Å²) in [5.41, 5.74) is 0. The van der Waals surface area contributed by atoms with Crippen molar-refractivity contribution in [1.82, 2.24) is 10.2 Å². The standard InChI is InChI=1S/C13H24N2O/c1-3-11-4-6-15(7-5-11)13(16)12-9-14-8-10(12)2/h10-12,14H,3-9H2,1-2H3. The Morgan fingerprint density at radius 1 is 1.31 bits per heavy atom. The predicted octanol–water partition coefficient (Wildman–Crippen LogP) is 1.49. The first-order valence-electron chi connectivity index (χ1n) is 6.72. The van der Waals surface area contributed by atoms with E-state index in [4.69, 9.17) is 0 Å². The maximum Gasteiger partial charge on any atom is 0.227 e. The molecule has 1 N–H and O–H groups in total. The lowest BCUT2D eigenvalue weighted by Gasteiger charge is -2.33. The minimum atomic E-state index is 0.234. The fraction of sp³-hybridized carbons (Fsp3) is 0.923. The number of likely N-dealkylation sites (tertiary alicyclic amines) is 1. The molecule has 0 aromatic rings. The molecule has 2 aliphatic rings. The van der Waals surface area contributed by atoms with Crippen molar-refractivity contribution < 1.29 is 4.79 Å². The first-order valence-corrected chi connectivity index (χ1v) is 6.72. The topological polar surface area (TPSA) is 32.3 Å². The Morgan fingerprint density at radius 3 is 2.50 bits per heavy atom.